The van der Waals surface area contributed by atoms with Gasteiger partial charge in [-0.15, -0.1) is 0 Å². The van der Waals surface area contributed by atoms with E-state index in [1.807, 2.05) is 54.6 Å². The molecule has 0 bridgehead atoms. The van der Waals surface area contributed by atoms with E-state index in [4.69, 9.17) is 9.47 Å². The van der Waals surface area contributed by atoms with E-state index in [1.165, 1.54) is 0 Å². The quantitative estimate of drug-likeness (QED) is 0.782. The Morgan fingerprint density at radius 1 is 1.08 bits per heavy atom. The van der Waals surface area contributed by atoms with E-state index < -0.39 is 10.0 Å². The molecule has 2 aromatic carbocycles. The van der Waals surface area contributed by atoms with Gasteiger partial charge in [-0.05, 0) is 37.5 Å². The molecule has 1 atom stereocenters. The van der Waals surface area contributed by atoms with Crippen molar-refractivity contribution in [3.8, 4) is 11.5 Å². The number of ether oxygens (including phenoxy) is 2. The first-order valence-electron chi connectivity index (χ1n) is 8.52. The van der Waals surface area contributed by atoms with E-state index >= 15 is 0 Å². The van der Waals surface area contributed by atoms with Crippen LogP contribution in [0.5, 0.6) is 11.5 Å². The molecule has 134 valence electrons. The Kier molecular flexibility index (Phi) is 6.07. The molecule has 3 rings (SSSR count). The Morgan fingerprint density at radius 2 is 1.84 bits per heavy atom. The molecule has 5 nitrogen and oxygen atoms in total. The molecule has 0 spiro atoms. The molecule has 1 heterocycles. The van der Waals surface area contributed by atoms with Gasteiger partial charge >= 0.3 is 0 Å². The Balaban J connectivity index is 1.58. The minimum absolute atomic E-state index is 0.0743. The van der Waals surface area contributed by atoms with Crippen LogP contribution in [0.1, 0.15) is 24.8 Å². The Labute approximate surface area is 149 Å². The summed E-state index contributed by atoms with van der Waals surface area (Å²) in [5, 5.41) is 0. The largest absolute Gasteiger partial charge is 0.457 e. The third kappa shape index (κ3) is 5.56. The fraction of sp³-hybridized carbons (Fsp3) is 0.368. The highest BCUT2D eigenvalue weighted by molar-refractivity contribution is 7.89. The molecule has 1 unspecified atom stereocenters. The van der Waals surface area contributed by atoms with E-state index in [2.05, 4.69) is 4.72 Å². The van der Waals surface area contributed by atoms with Gasteiger partial charge in [0.05, 0.1) is 11.9 Å². The van der Waals surface area contributed by atoms with Crippen LogP contribution in [0.15, 0.2) is 54.6 Å². The number of para-hydroxylation sites is 2. The summed E-state index contributed by atoms with van der Waals surface area (Å²) in [6, 6.07) is 16.9. The van der Waals surface area contributed by atoms with Crippen molar-refractivity contribution >= 4 is 10.0 Å². The van der Waals surface area contributed by atoms with Crippen molar-refractivity contribution < 1.29 is 17.9 Å². The third-order valence-electron chi connectivity index (χ3n) is 4.16. The first-order valence-corrected chi connectivity index (χ1v) is 10.2. The maximum Gasteiger partial charge on any atom is 0.211 e. The maximum absolute atomic E-state index is 12.2. The average Bonchev–Trinajstić information content (AvgIpc) is 3.14. The highest BCUT2D eigenvalue weighted by Gasteiger charge is 2.19. The van der Waals surface area contributed by atoms with Crippen LogP contribution in [0.4, 0.5) is 0 Å². The molecule has 0 aliphatic carbocycles. The molecule has 1 aliphatic rings. The van der Waals surface area contributed by atoms with E-state index in [0.717, 1.165) is 30.8 Å². The molecule has 1 aliphatic heterocycles. The van der Waals surface area contributed by atoms with Crippen LogP contribution >= 0.6 is 0 Å². The molecule has 0 radical (unpaired) electrons. The molecule has 2 aromatic rings. The lowest BCUT2D eigenvalue weighted by molar-refractivity contribution is 0.109. The lowest BCUT2D eigenvalue weighted by Gasteiger charge is -2.13. The number of benzene rings is 2. The lowest BCUT2D eigenvalue weighted by atomic mass is 10.2. The van der Waals surface area contributed by atoms with Gasteiger partial charge in [-0.1, -0.05) is 36.4 Å². The van der Waals surface area contributed by atoms with Gasteiger partial charge in [-0.25, -0.2) is 13.1 Å². The van der Waals surface area contributed by atoms with Gasteiger partial charge < -0.3 is 9.47 Å². The number of hydrogen-bond acceptors (Lipinski definition) is 4. The Morgan fingerprint density at radius 3 is 2.60 bits per heavy atom. The SMILES string of the molecule is O=S(=O)(CCC1CCCO1)NCc1ccccc1Oc1ccccc1. The lowest BCUT2D eigenvalue weighted by Crippen LogP contribution is -2.28. The normalized spacial score (nSPS) is 17.5. The summed E-state index contributed by atoms with van der Waals surface area (Å²) in [5.74, 6) is 1.45. The van der Waals surface area contributed by atoms with Crippen molar-refractivity contribution in [3.63, 3.8) is 0 Å². The molecule has 1 saturated heterocycles. The summed E-state index contributed by atoms with van der Waals surface area (Å²) >= 11 is 0. The van der Waals surface area contributed by atoms with E-state index in [-0.39, 0.29) is 18.4 Å². The van der Waals surface area contributed by atoms with E-state index in [9.17, 15) is 8.42 Å². The summed E-state index contributed by atoms with van der Waals surface area (Å²) in [5.41, 5.74) is 0.798. The van der Waals surface area contributed by atoms with Crippen LogP contribution in [0.2, 0.25) is 0 Å². The highest BCUT2D eigenvalue weighted by atomic mass is 32.2. The topological polar surface area (TPSA) is 64.6 Å². The van der Waals surface area contributed by atoms with Gasteiger partial charge in [0.25, 0.3) is 0 Å². The summed E-state index contributed by atoms with van der Waals surface area (Å²) in [6.07, 6.45) is 2.58. The van der Waals surface area contributed by atoms with Crippen molar-refractivity contribution in [3.05, 3.63) is 60.2 Å². The van der Waals surface area contributed by atoms with Crippen molar-refractivity contribution in [2.75, 3.05) is 12.4 Å². The third-order valence-corrected chi connectivity index (χ3v) is 5.52. The number of sulfonamides is 1. The molecule has 6 heteroatoms. The Bertz CT molecular complexity index is 771. The number of hydrogen-bond donors (Lipinski definition) is 1. The second-order valence-electron chi connectivity index (χ2n) is 6.09. The second-order valence-corrected chi connectivity index (χ2v) is 8.01. The summed E-state index contributed by atoms with van der Waals surface area (Å²) in [4.78, 5) is 0. The summed E-state index contributed by atoms with van der Waals surface area (Å²) < 4.78 is 38.5. The minimum Gasteiger partial charge on any atom is -0.457 e. The summed E-state index contributed by atoms with van der Waals surface area (Å²) in [6.45, 7) is 0.944. The highest BCUT2D eigenvalue weighted by Crippen LogP contribution is 2.25. The average molecular weight is 361 g/mol. The minimum atomic E-state index is -3.34. The molecule has 0 amide bonds. The molecular weight excluding hydrogens is 338 g/mol. The van der Waals surface area contributed by atoms with Crippen LogP contribution in [0, 0.1) is 0 Å². The van der Waals surface area contributed by atoms with Gasteiger partial charge in [0.2, 0.25) is 10.0 Å². The zero-order chi connectivity index (χ0) is 17.5. The second kappa shape index (κ2) is 8.47. The fourth-order valence-electron chi connectivity index (χ4n) is 2.78. The number of rotatable bonds is 8. The first kappa shape index (κ1) is 17.9. The van der Waals surface area contributed by atoms with Crippen LogP contribution in [-0.2, 0) is 21.3 Å². The predicted molar refractivity (Wildman–Crippen MR) is 97.2 cm³/mol. The van der Waals surface area contributed by atoms with Crippen molar-refractivity contribution in [1.29, 1.82) is 0 Å². The van der Waals surface area contributed by atoms with Gasteiger partial charge in [0, 0.05) is 18.7 Å². The molecule has 0 aromatic heterocycles. The van der Waals surface area contributed by atoms with Gasteiger partial charge in [0.15, 0.2) is 0 Å². The standard InChI is InChI=1S/C19H23NO4S/c21-25(22,14-12-17-10-6-13-23-17)20-15-16-7-4-5-11-19(16)24-18-8-2-1-3-9-18/h1-5,7-9,11,17,20H,6,10,12-15H2. The van der Waals surface area contributed by atoms with Crippen molar-refractivity contribution in [1.82, 2.24) is 4.72 Å². The molecule has 1 fully saturated rings. The predicted octanol–water partition coefficient (Wildman–Crippen LogP) is 3.47. The van der Waals surface area contributed by atoms with Crippen LogP contribution in [0.25, 0.3) is 0 Å². The smallest absolute Gasteiger partial charge is 0.211 e. The van der Waals surface area contributed by atoms with Crippen LogP contribution in [-0.4, -0.2) is 26.9 Å². The maximum atomic E-state index is 12.2. The monoisotopic (exact) mass is 361 g/mol. The molecule has 1 N–H and O–H groups in total. The van der Waals surface area contributed by atoms with Gasteiger partial charge in [-0.3, -0.25) is 0 Å². The zero-order valence-electron chi connectivity index (χ0n) is 14.1. The van der Waals surface area contributed by atoms with E-state index in [1.54, 1.807) is 0 Å². The van der Waals surface area contributed by atoms with Crippen LogP contribution < -0.4 is 9.46 Å². The van der Waals surface area contributed by atoms with Crippen molar-refractivity contribution in [2.45, 2.75) is 31.9 Å². The first-order chi connectivity index (χ1) is 12.1. The molecule has 25 heavy (non-hydrogen) atoms. The van der Waals surface area contributed by atoms with E-state index in [0.29, 0.717) is 12.2 Å². The molecule has 0 saturated carbocycles. The van der Waals surface area contributed by atoms with Crippen molar-refractivity contribution in [2.24, 2.45) is 0 Å². The zero-order valence-corrected chi connectivity index (χ0v) is 14.9. The number of nitrogens with one attached hydrogen (secondary N) is 1. The van der Waals surface area contributed by atoms with Gasteiger partial charge in [0.1, 0.15) is 11.5 Å². The van der Waals surface area contributed by atoms with Gasteiger partial charge in [-0.2, -0.15) is 0 Å². The summed E-state index contributed by atoms with van der Waals surface area (Å²) in [7, 11) is -3.34. The fourth-order valence-corrected chi connectivity index (χ4v) is 3.88. The van der Waals surface area contributed by atoms with Crippen LogP contribution in [0.3, 0.4) is 0 Å². The molecular formula is C19H23NO4S. The Hall–Kier alpha value is -1.89.